The molecule has 0 bridgehead atoms. The van der Waals surface area contributed by atoms with Crippen molar-refractivity contribution in [3.63, 3.8) is 0 Å². The zero-order valence-corrected chi connectivity index (χ0v) is 25.7. The van der Waals surface area contributed by atoms with Crippen LogP contribution in [0.4, 0.5) is 0 Å². The van der Waals surface area contributed by atoms with Crippen molar-refractivity contribution in [3.05, 3.63) is 80.0 Å². The largest absolute Gasteiger partial charge is 0.494 e. The lowest BCUT2D eigenvalue weighted by Gasteiger charge is -2.18. The third-order valence-corrected chi connectivity index (χ3v) is 7.00. The Labute approximate surface area is 243 Å². The van der Waals surface area contributed by atoms with Crippen molar-refractivity contribution in [3.8, 4) is 28.6 Å². The first-order valence-corrected chi connectivity index (χ1v) is 14.4. The number of halogens is 1. The molecule has 0 aliphatic carbocycles. The van der Waals surface area contributed by atoms with Crippen LogP contribution in [0.1, 0.15) is 64.2 Å². The van der Waals surface area contributed by atoms with Gasteiger partial charge in [0.2, 0.25) is 0 Å². The number of benzene rings is 3. The van der Waals surface area contributed by atoms with E-state index in [1.54, 1.807) is 12.3 Å². The smallest absolute Gasteiger partial charge is 0.282 e. The average Bonchev–Trinajstić information content (AvgIpc) is 2.90. The van der Waals surface area contributed by atoms with Crippen LogP contribution >= 0.6 is 15.9 Å². The van der Waals surface area contributed by atoms with Gasteiger partial charge in [0.25, 0.3) is 5.56 Å². The first kappa shape index (κ1) is 29.3. The van der Waals surface area contributed by atoms with Gasteiger partial charge in [-0.15, -0.1) is 0 Å². The van der Waals surface area contributed by atoms with Crippen molar-refractivity contribution >= 4 is 33.0 Å². The lowest BCUT2D eigenvalue weighted by Crippen LogP contribution is -2.21. The Morgan fingerprint density at radius 3 is 2.35 bits per heavy atom. The molecule has 0 amide bonds. The van der Waals surface area contributed by atoms with Crippen molar-refractivity contribution in [2.75, 3.05) is 13.2 Å². The molecule has 0 atom stereocenters. The summed E-state index contributed by atoms with van der Waals surface area (Å²) in [7, 11) is 0. The zero-order chi connectivity index (χ0) is 29.0. The molecule has 0 aliphatic rings. The zero-order valence-electron chi connectivity index (χ0n) is 24.1. The summed E-state index contributed by atoms with van der Waals surface area (Å²) in [6.45, 7) is 15.1. The van der Waals surface area contributed by atoms with Crippen LogP contribution in [-0.4, -0.2) is 35.2 Å². The number of rotatable bonds is 10. The van der Waals surface area contributed by atoms with Crippen molar-refractivity contribution in [1.82, 2.24) is 9.66 Å². The van der Waals surface area contributed by atoms with Crippen LogP contribution in [0.25, 0.3) is 22.3 Å². The standard InChI is InChI=1S/C32H36BrN3O4/c1-8-38-28-14-21(7)25(16-24(28)19(3)4)31-35-27-13-11-10-12-23(27)32(37)36(31)34-18-22-15-29(39-9-2)30(17-26(22)33)40-20(5)6/h10-20H,8-9H2,1-7H3. The van der Waals surface area contributed by atoms with Gasteiger partial charge in [0.1, 0.15) is 5.75 Å². The number of para-hydroxylation sites is 1. The maximum Gasteiger partial charge on any atom is 0.282 e. The van der Waals surface area contributed by atoms with Crippen LogP contribution in [0, 0.1) is 6.92 Å². The molecule has 210 valence electrons. The molecule has 1 aromatic heterocycles. The fourth-order valence-corrected chi connectivity index (χ4v) is 4.88. The van der Waals surface area contributed by atoms with Crippen LogP contribution in [0.15, 0.2) is 62.9 Å². The molecule has 0 N–H and O–H groups in total. The summed E-state index contributed by atoms with van der Waals surface area (Å²) in [5.41, 5.74) is 3.90. The van der Waals surface area contributed by atoms with Crippen LogP contribution in [-0.2, 0) is 0 Å². The Bertz CT molecular complexity index is 1610. The fourth-order valence-electron chi connectivity index (χ4n) is 4.46. The predicted octanol–water partition coefficient (Wildman–Crippen LogP) is 7.72. The highest BCUT2D eigenvalue weighted by Crippen LogP contribution is 2.35. The second kappa shape index (κ2) is 12.7. The summed E-state index contributed by atoms with van der Waals surface area (Å²) in [5.74, 6) is 2.76. The van der Waals surface area contributed by atoms with E-state index in [0.29, 0.717) is 41.4 Å². The van der Waals surface area contributed by atoms with Gasteiger partial charge in [-0.1, -0.05) is 26.0 Å². The SMILES string of the molecule is CCOc1cc(C=Nn2c(-c3cc(C(C)C)c(OCC)cc3C)nc3ccccc3c2=O)c(Br)cc1OC(C)C. The van der Waals surface area contributed by atoms with E-state index in [1.807, 2.05) is 71.0 Å². The summed E-state index contributed by atoms with van der Waals surface area (Å²) in [6, 6.07) is 15.1. The van der Waals surface area contributed by atoms with Crippen molar-refractivity contribution in [2.24, 2.45) is 5.10 Å². The van der Waals surface area contributed by atoms with Gasteiger partial charge in [0, 0.05) is 15.6 Å². The summed E-state index contributed by atoms with van der Waals surface area (Å²) in [4.78, 5) is 18.7. The Hall–Kier alpha value is -3.65. The second-order valence-electron chi connectivity index (χ2n) is 10.0. The normalized spacial score (nSPS) is 11.7. The highest BCUT2D eigenvalue weighted by atomic mass is 79.9. The van der Waals surface area contributed by atoms with Crippen molar-refractivity contribution in [1.29, 1.82) is 0 Å². The van der Waals surface area contributed by atoms with Gasteiger partial charge < -0.3 is 14.2 Å². The van der Waals surface area contributed by atoms with E-state index in [2.05, 4.69) is 40.9 Å². The number of hydrogen-bond donors (Lipinski definition) is 0. The van der Waals surface area contributed by atoms with E-state index in [0.717, 1.165) is 32.5 Å². The van der Waals surface area contributed by atoms with Crippen molar-refractivity contribution in [2.45, 2.75) is 60.5 Å². The molecule has 8 heteroatoms. The number of aryl methyl sites for hydroxylation is 1. The monoisotopic (exact) mass is 605 g/mol. The highest BCUT2D eigenvalue weighted by molar-refractivity contribution is 9.10. The molecule has 7 nitrogen and oxygen atoms in total. The molecule has 40 heavy (non-hydrogen) atoms. The third kappa shape index (κ3) is 6.22. The fraction of sp³-hybridized carbons (Fsp3) is 0.344. The molecule has 0 fully saturated rings. The quantitative estimate of drug-likeness (QED) is 0.173. The Morgan fingerprint density at radius 2 is 1.68 bits per heavy atom. The first-order chi connectivity index (χ1) is 19.1. The van der Waals surface area contributed by atoms with Gasteiger partial charge in [0.15, 0.2) is 17.3 Å². The molecular weight excluding hydrogens is 570 g/mol. The highest BCUT2D eigenvalue weighted by Gasteiger charge is 2.19. The van der Waals surface area contributed by atoms with Gasteiger partial charge in [-0.25, -0.2) is 4.98 Å². The van der Waals surface area contributed by atoms with E-state index in [1.165, 1.54) is 4.68 Å². The van der Waals surface area contributed by atoms with Crippen molar-refractivity contribution < 1.29 is 14.2 Å². The molecule has 0 saturated carbocycles. The lowest BCUT2D eigenvalue weighted by atomic mass is 9.96. The number of ether oxygens (including phenoxy) is 3. The molecule has 0 radical (unpaired) electrons. The summed E-state index contributed by atoms with van der Waals surface area (Å²) in [6.07, 6.45) is 1.63. The minimum Gasteiger partial charge on any atom is -0.494 e. The van der Waals surface area contributed by atoms with Crippen LogP contribution < -0.4 is 19.8 Å². The van der Waals surface area contributed by atoms with E-state index in [-0.39, 0.29) is 17.6 Å². The summed E-state index contributed by atoms with van der Waals surface area (Å²) < 4.78 is 19.8. The molecule has 0 saturated heterocycles. The number of aromatic nitrogens is 2. The average molecular weight is 607 g/mol. The van der Waals surface area contributed by atoms with E-state index >= 15 is 0 Å². The molecule has 0 unspecified atom stereocenters. The predicted molar refractivity (Wildman–Crippen MR) is 166 cm³/mol. The molecular formula is C32H36BrN3O4. The molecule has 0 aliphatic heterocycles. The lowest BCUT2D eigenvalue weighted by molar-refractivity contribution is 0.223. The maximum atomic E-state index is 13.8. The number of nitrogens with zero attached hydrogens (tertiary/aromatic N) is 3. The van der Waals surface area contributed by atoms with Crippen LogP contribution in [0.5, 0.6) is 17.2 Å². The molecule has 0 spiro atoms. The van der Waals surface area contributed by atoms with Gasteiger partial charge in [-0.2, -0.15) is 9.78 Å². The second-order valence-corrected chi connectivity index (χ2v) is 10.9. The summed E-state index contributed by atoms with van der Waals surface area (Å²) >= 11 is 3.63. The maximum absolute atomic E-state index is 13.8. The van der Waals surface area contributed by atoms with E-state index < -0.39 is 0 Å². The Morgan fingerprint density at radius 1 is 0.975 bits per heavy atom. The Kier molecular flexibility index (Phi) is 9.30. The molecule has 4 aromatic rings. The number of hydrogen-bond acceptors (Lipinski definition) is 6. The van der Waals surface area contributed by atoms with Crippen LogP contribution in [0.2, 0.25) is 0 Å². The molecule has 4 rings (SSSR count). The Balaban J connectivity index is 1.93. The van der Waals surface area contributed by atoms with Gasteiger partial charge >= 0.3 is 0 Å². The number of fused-ring (bicyclic) bond motifs is 1. The third-order valence-electron chi connectivity index (χ3n) is 6.31. The van der Waals surface area contributed by atoms with Crippen LogP contribution in [0.3, 0.4) is 0 Å². The topological polar surface area (TPSA) is 74.9 Å². The minimum absolute atomic E-state index is 0.0106. The molecule has 1 heterocycles. The van der Waals surface area contributed by atoms with Gasteiger partial charge in [-0.05, 0) is 104 Å². The molecule has 3 aromatic carbocycles. The van der Waals surface area contributed by atoms with Gasteiger partial charge in [0.05, 0.1) is 36.4 Å². The first-order valence-electron chi connectivity index (χ1n) is 13.6. The van der Waals surface area contributed by atoms with E-state index in [9.17, 15) is 4.79 Å². The summed E-state index contributed by atoms with van der Waals surface area (Å²) in [5, 5.41) is 5.18. The van der Waals surface area contributed by atoms with Gasteiger partial charge in [-0.3, -0.25) is 4.79 Å². The minimum atomic E-state index is -0.253. The van der Waals surface area contributed by atoms with E-state index in [4.69, 9.17) is 19.2 Å².